The summed E-state index contributed by atoms with van der Waals surface area (Å²) in [7, 11) is 0. The van der Waals surface area contributed by atoms with E-state index in [0.29, 0.717) is 12.8 Å². The lowest BCUT2D eigenvalue weighted by atomic mass is 10.1. The van der Waals surface area contributed by atoms with Crippen LogP contribution in [-0.2, 0) is 47.5 Å². The molecule has 0 saturated carbocycles. The van der Waals surface area contributed by atoms with Crippen LogP contribution in [0.5, 0.6) is 0 Å². The van der Waals surface area contributed by atoms with Crippen molar-refractivity contribution in [1.82, 2.24) is 0 Å². The monoisotopic (exact) mass is 568 g/mol. The minimum absolute atomic E-state index is 0.0241. The highest BCUT2D eigenvalue weighted by molar-refractivity contribution is 5.74. The summed E-state index contributed by atoms with van der Waals surface area (Å²) in [5, 5.41) is 17.6. The fourth-order valence-electron chi connectivity index (χ4n) is 4.24. The van der Waals surface area contributed by atoms with Crippen LogP contribution in [0.2, 0.25) is 0 Å². The number of carbonyl (C=O) groups excluding carboxylic acids is 2. The lowest BCUT2D eigenvalue weighted by molar-refractivity contribution is -0.271. The molecule has 0 aromatic heterocycles. The fourth-order valence-corrected chi connectivity index (χ4v) is 4.24. The van der Waals surface area contributed by atoms with Gasteiger partial charge in [0.15, 0.2) is 12.6 Å². The van der Waals surface area contributed by atoms with E-state index in [1.54, 1.807) is 19.4 Å². The van der Waals surface area contributed by atoms with E-state index in [4.69, 9.17) is 48.4 Å². The van der Waals surface area contributed by atoms with Gasteiger partial charge in [-0.2, -0.15) is 10.5 Å². The molecule has 0 spiro atoms. The predicted molar refractivity (Wildman–Crippen MR) is 138 cm³/mol. The quantitative estimate of drug-likeness (QED) is 0.148. The van der Waals surface area contributed by atoms with Crippen molar-refractivity contribution in [2.75, 3.05) is 13.2 Å². The van der Waals surface area contributed by atoms with Gasteiger partial charge in [0, 0.05) is 18.3 Å². The maximum atomic E-state index is 12.5. The van der Waals surface area contributed by atoms with Gasteiger partial charge in [-0.1, -0.05) is 34.6 Å². The highest BCUT2D eigenvalue weighted by Gasteiger charge is 2.30. The van der Waals surface area contributed by atoms with Gasteiger partial charge in [-0.15, -0.1) is 0 Å². The molecule has 2 fully saturated rings. The van der Waals surface area contributed by atoms with Gasteiger partial charge in [0.1, 0.15) is 13.2 Å². The minimum atomic E-state index is -0.697. The van der Waals surface area contributed by atoms with Crippen molar-refractivity contribution >= 4 is 11.9 Å². The molecule has 2 aliphatic heterocycles. The van der Waals surface area contributed by atoms with Crippen LogP contribution in [0.25, 0.3) is 0 Å². The van der Waals surface area contributed by atoms with Crippen molar-refractivity contribution < 1.29 is 47.5 Å². The Labute approximate surface area is 237 Å². The van der Waals surface area contributed by atoms with Crippen molar-refractivity contribution in [1.29, 1.82) is 10.5 Å². The van der Waals surface area contributed by atoms with E-state index < -0.39 is 43.0 Å². The first kappa shape index (κ1) is 33.6. The Hall–Kier alpha value is -2.64. The molecule has 226 valence electrons. The summed E-state index contributed by atoms with van der Waals surface area (Å²) in [6, 6.07) is 0. The predicted octanol–water partition coefficient (Wildman–Crippen LogP) is 4.27. The maximum Gasteiger partial charge on any atom is 0.308 e. The second-order valence-electron chi connectivity index (χ2n) is 10.9. The zero-order valence-corrected chi connectivity index (χ0v) is 24.2. The highest BCUT2D eigenvalue weighted by Crippen LogP contribution is 2.25. The Morgan fingerprint density at radius 3 is 1.70 bits per heavy atom. The third kappa shape index (κ3) is 12.3. The molecule has 7 atom stereocenters. The third-order valence-corrected chi connectivity index (χ3v) is 6.64. The second kappa shape index (κ2) is 17.9. The van der Waals surface area contributed by atoms with Crippen molar-refractivity contribution in [3.05, 3.63) is 0 Å². The van der Waals surface area contributed by atoms with E-state index in [2.05, 4.69) is 0 Å². The van der Waals surface area contributed by atoms with E-state index in [-0.39, 0.29) is 50.1 Å². The summed E-state index contributed by atoms with van der Waals surface area (Å²) in [6.45, 7) is 9.40. The van der Waals surface area contributed by atoms with Crippen LogP contribution in [0.4, 0.5) is 0 Å². The first-order valence-corrected chi connectivity index (χ1v) is 14.2. The number of hydrogen-bond acceptors (Lipinski definition) is 12. The summed E-state index contributed by atoms with van der Waals surface area (Å²) < 4.78 is 44.0. The SMILES string of the molecule is CC(CCC(=O)OCC1CCCC(OC(OC#N)C(C)C)O1)C(=O)OCC1CCCC(OC(OC#N)C(C)C)O1. The van der Waals surface area contributed by atoms with Gasteiger partial charge >= 0.3 is 11.9 Å². The molecular formula is C28H44N2O10. The van der Waals surface area contributed by atoms with Crippen LogP contribution < -0.4 is 0 Å². The molecule has 0 N–H and O–H groups in total. The molecule has 2 saturated heterocycles. The molecule has 2 aliphatic rings. The molecule has 0 amide bonds. The molecule has 0 bridgehead atoms. The van der Waals surface area contributed by atoms with Gasteiger partial charge in [0.05, 0.1) is 18.1 Å². The van der Waals surface area contributed by atoms with Gasteiger partial charge in [-0.3, -0.25) is 9.59 Å². The van der Waals surface area contributed by atoms with Crippen molar-refractivity contribution in [2.24, 2.45) is 17.8 Å². The van der Waals surface area contributed by atoms with Crippen molar-refractivity contribution in [2.45, 2.75) is 123 Å². The van der Waals surface area contributed by atoms with Crippen LogP contribution >= 0.6 is 0 Å². The number of hydrogen-bond donors (Lipinski definition) is 0. The average Bonchev–Trinajstić information content (AvgIpc) is 2.93. The smallest absolute Gasteiger partial charge is 0.308 e. The van der Waals surface area contributed by atoms with E-state index >= 15 is 0 Å². The topological polar surface area (TPSA) is 156 Å². The Balaban J connectivity index is 1.65. The van der Waals surface area contributed by atoms with Gasteiger partial charge in [0.25, 0.3) is 12.5 Å². The van der Waals surface area contributed by atoms with E-state index in [0.717, 1.165) is 25.7 Å². The molecule has 0 aromatic carbocycles. The lowest BCUT2D eigenvalue weighted by Crippen LogP contribution is -2.37. The third-order valence-electron chi connectivity index (χ3n) is 6.64. The fraction of sp³-hybridized carbons (Fsp3) is 0.857. The average molecular weight is 569 g/mol. The van der Waals surface area contributed by atoms with Gasteiger partial charge in [-0.05, 0) is 44.9 Å². The molecule has 12 heteroatoms. The molecular weight excluding hydrogens is 524 g/mol. The van der Waals surface area contributed by atoms with Gasteiger partial charge in [0.2, 0.25) is 12.6 Å². The molecule has 12 nitrogen and oxygen atoms in total. The first-order valence-electron chi connectivity index (χ1n) is 14.2. The van der Waals surface area contributed by atoms with Gasteiger partial charge < -0.3 is 37.9 Å². The molecule has 0 aromatic rings. The minimum Gasteiger partial charge on any atom is -0.463 e. The normalized spacial score (nSPS) is 25.2. The van der Waals surface area contributed by atoms with Crippen LogP contribution in [0, 0.1) is 40.8 Å². The highest BCUT2D eigenvalue weighted by atomic mass is 16.8. The number of esters is 2. The number of rotatable bonds is 16. The second-order valence-corrected chi connectivity index (χ2v) is 10.9. The van der Waals surface area contributed by atoms with Crippen LogP contribution in [0.15, 0.2) is 0 Å². The van der Waals surface area contributed by atoms with Gasteiger partial charge in [-0.25, -0.2) is 0 Å². The van der Waals surface area contributed by atoms with Crippen molar-refractivity contribution in [3.8, 4) is 12.5 Å². The summed E-state index contributed by atoms with van der Waals surface area (Å²) in [5.74, 6) is -1.38. The first-order chi connectivity index (χ1) is 19.1. The zero-order chi connectivity index (χ0) is 29.5. The molecule has 2 rings (SSSR count). The number of nitrogens with zero attached hydrogens (tertiary/aromatic N) is 2. The molecule has 7 unspecified atom stereocenters. The molecule has 40 heavy (non-hydrogen) atoms. The van der Waals surface area contributed by atoms with E-state index in [1.165, 1.54) is 0 Å². The molecule has 2 heterocycles. The Bertz CT molecular complexity index is 855. The summed E-state index contributed by atoms with van der Waals surface area (Å²) in [4.78, 5) is 24.8. The molecule has 0 aliphatic carbocycles. The zero-order valence-electron chi connectivity index (χ0n) is 24.2. The van der Waals surface area contributed by atoms with Crippen LogP contribution in [-0.4, -0.2) is 62.5 Å². The Morgan fingerprint density at radius 2 is 1.25 bits per heavy atom. The molecule has 0 radical (unpaired) electrons. The largest absolute Gasteiger partial charge is 0.463 e. The maximum absolute atomic E-state index is 12.5. The van der Waals surface area contributed by atoms with Crippen LogP contribution in [0.1, 0.15) is 86.0 Å². The summed E-state index contributed by atoms with van der Waals surface area (Å²) in [5.41, 5.74) is 0. The van der Waals surface area contributed by atoms with Crippen LogP contribution in [0.3, 0.4) is 0 Å². The Morgan fingerprint density at radius 1 is 0.775 bits per heavy atom. The van der Waals surface area contributed by atoms with E-state index in [9.17, 15) is 9.59 Å². The number of carbonyl (C=O) groups is 2. The summed E-state index contributed by atoms with van der Waals surface area (Å²) in [6.07, 6.45) is 4.99. The Kier molecular flexibility index (Phi) is 15.0. The lowest BCUT2D eigenvalue weighted by Gasteiger charge is -2.32. The number of nitriles is 2. The van der Waals surface area contributed by atoms with E-state index in [1.807, 2.05) is 27.7 Å². The standard InChI is InChI=1S/C28H44N2O10/c1-18(2)27(35-16-29)39-24-10-6-8-21(37-24)14-33-23(31)13-12-20(5)26(32)34-15-22-9-7-11-25(38-22)40-28(19(3)4)36-17-30/h18-22,24-25,27-28H,6-15H2,1-5H3. The summed E-state index contributed by atoms with van der Waals surface area (Å²) >= 11 is 0. The number of ether oxygens (including phenoxy) is 8. The van der Waals surface area contributed by atoms with Crippen molar-refractivity contribution in [3.63, 3.8) is 0 Å².